The van der Waals surface area contributed by atoms with Crippen molar-refractivity contribution in [2.24, 2.45) is 0 Å². The van der Waals surface area contributed by atoms with Crippen LogP contribution in [0.25, 0.3) is 11.0 Å². The minimum absolute atomic E-state index is 0. The zero-order valence-electron chi connectivity index (χ0n) is 6.37. The molecule has 2 rings (SSSR count). The second kappa shape index (κ2) is 4.07. The van der Waals surface area contributed by atoms with Crippen LogP contribution in [0.1, 0.15) is 5.69 Å². The van der Waals surface area contributed by atoms with Gasteiger partial charge in [-0.1, -0.05) is 6.20 Å². The smallest absolute Gasteiger partial charge is 0.373 e. The molecule has 6 heteroatoms. The molecule has 2 heterocycles. The molecule has 0 atom stereocenters. The maximum absolute atomic E-state index is 8.53. The third-order valence-corrected chi connectivity index (χ3v) is 1.30. The van der Waals surface area contributed by atoms with Gasteiger partial charge in [0.25, 0.3) is 0 Å². The van der Waals surface area contributed by atoms with Gasteiger partial charge in [-0.3, -0.25) is 0 Å². The van der Waals surface area contributed by atoms with Gasteiger partial charge in [-0.2, -0.15) is 10.4 Å². The van der Waals surface area contributed by atoms with Crippen LogP contribution in [-0.2, 0) is 0 Å². The van der Waals surface area contributed by atoms with E-state index >= 15 is 0 Å². The van der Waals surface area contributed by atoms with Gasteiger partial charge >= 0.3 is 51.4 Å². The van der Waals surface area contributed by atoms with Gasteiger partial charge in [-0.05, 0) is 5.39 Å². The number of hydrogen-bond donors (Lipinski definition) is 1. The van der Waals surface area contributed by atoms with E-state index in [0.717, 1.165) is 0 Å². The Morgan fingerprint density at radius 2 is 2.42 bits per heavy atom. The summed E-state index contributed by atoms with van der Waals surface area (Å²) in [6, 6.07) is 1.91. The van der Waals surface area contributed by atoms with E-state index in [1.54, 1.807) is 0 Å². The summed E-state index contributed by atoms with van der Waals surface area (Å²) < 4.78 is 0. The van der Waals surface area contributed by atoms with Gasteiger partial charge in [0.05, 0.1) is 0 Å². The zero-order chi connectivity index (χ0) is 7.68. The van der Waals surface area contributed by atoms with Crippen LogP contribution in [0.4, 0.5) is 0 Å². The Bertz CT molecular complexity index is 429. The fourth-order valence-electron chi connectivity index (χ4n) is 0.806. The average molecular weight is 183 g/mol. The van der Waals surface area contributed by atoms with E-state index in [-0.39, 0.29) is 51.4 Å². The van der Waals surface area contributed by atoms with Crippen molar-refractivity contribution in [1.82, 2.24) is 20.2 Å². The summed E-state index contributed by atoms with van der Waals surface area (Å²) in [5, 5.41) is 15.4. The van der Waals surface area contributed by atoms with Crippen molar-refractivity contribution in [3.05, 3.63) is 18.2 Å². The van der Waals surface area contributed by atoms with Gasteiger partial charge in [-0.25, -0.2) is 0 Å². The summed E-state index contributed by atoms with van der Waals surface area (Å²) in [6.45, 7) is 0. The van der Waals surface area contributed by atoms with Crippen molar-refractivity contribution in [3.63, 3.8) is 0 Å². The number of nitrogens with zero attached hydrogens (tertiary/aromatic N) is 4. The quantitative estimate of drug-likeness (QED) is 0.349. The van der Waals surface area contributed by atoms with Gasteiger partial charge in [-0.15, -0.1) is 0 Å². The molecule has 0 aromatic carbocycles. The Kier molecular flexibility index (Phi) is 3.31. The van der Waals surface area contributed by atoms with Crippen LogP contribution in [0.3, 0.4) is 0 Å². The third kappa shape index (κ3) is 1.55. The Balaban J connectivity index is 0.000000720. The largest absolute Gasteiger partial charge is 1.00 e. The number of aromatic amines is 1. The maximum atomic E-state index is 8.53. The van der Waals surface area contributed by atoms with E-state index in [1.165, 1.54) is 6.20 Å². The van der Waals surface area contributed by atoms with Crippen LogP contribution in [0, 0.1) is 17.7 Å². The van der Waals surface area contributed by atoms with E-state index in [1.807, 2.05) is 6.07 Å². The third-order valence-electron chi connectivity index (χ3n) is 1.30. The van der Waals surface area contributed by atoms with E-state index in [4.69, 9.17) is 5.26 Å². The summed E-state index contributed by atoms with van der Waals surface area (Å²) >= 11 is 0. The predicted molar refractivity (Wildman–Crippen MR) is 35.2 cm³/mol. The Morgan fingerprint density at radius 3 is 3.17 bits per heavy atom. The molecule has 0 aliphatic carbocycles. The van der Waals surface area contributed by atoms with E-state index < -0.39 is 0 Å². The summed E-state index contributed by atoms with van der Waals surface area (Å²) in [7, 11) is 0. The molecule has 1 N–H and O–H groups in total. The van der Waals surface area contributed by atoms with Crippen LogP contribution in [0.2, 0.25) is 0 Å². The molecule has 12 heavy (non-hydrogen) atoms. The number of nitrogens with one attached hydrogen (secondary N) is 1. The first-order valence-electron chi connectivity index (χ1n) is 2.89. The van der Waals surface area contributed by atoms with Gasteiger partial charge in [0.2, 0.25) is 0 Å². The van der Waals surface area contributed by atoms with Crippen molar-refractivity contribution in [1.29, 1.82) is 5.26 Å². The monoisotopic (exact) mass is 183 g/mol. The first-order valence-corrected chi connectivity index (χ1v) is 2.89. The SMILES string of the molecule is N#Cc1n[nH]c2n[c-]ncc12.[K+]. The fourth-order valence-corrected chi connectivity index (χ4v) is 0.806. The first-order chi connectivity index (χ1) is 5.42. The molecule has 2 aromatic heterocycles. The molecular weight excluding hydrogens is 181 g/mol. The van der Waals surface area contributed by atoms with Crippen LogP contribution < -0.4 is 51.4 Å². The molecule has 0 aliphatic heterocycles. The van der Waals surface area contributed by atoms with Crippen molar-refractivity contribution in [2.75, 3.05) is 0 Å². The molecule has 0 radical (unpaired) electrons. The van der Waals surface area contributed by atoms with Gasteiger partial charge < -0.3 is 15.1 Å². The number of rotatable bonds is 0. The number of fused-ring (bicyclic) bond motifs is 1. The summed E-state index contributed by atoms with van der Waals surface area (Å²) in [5.74, 6) is 0. The minimum atomic E-state index is 0. The number of H-pyrrole nitrogens is 1. The Hall–Kier alpha value is -0.324. The van der Waals surface area contributed by atoms with E-state index in [0.29, 0.717) is 16.7 Å². The minimum Gasteiger partial charge on any atom is -0.373 e. The molecule has 0 unspecified atom stereocenters. The van der Waals surface area contributed by atoms with Crippen LogP contribution >= 0.6 is 0 Å². The van der Waals surface area contributed by atoms with E-state index in [9.17, 15) is 0 Å². The second-order valence-corrected chi connectivity index (χ2v) is 1.92. The van der Waals surface area contributed by atoms with Gasteiger partial charge in [0.1, 0.15) is 11.8 Å². The summed E-state index contributed by atoms with van der Waals surface area (Å²) in [5.41, 5.74) is 0.852. The molecule has 0 saturated heterocycles. The Labute approximate surface area is 111 Å². The van der Waals surface area contributed by atoms with Crippen molar-refractivity contribution in [2.45, 2.75) is 0 Å². The second-order valence-electron chi connectivity index (χ2n) is 1.92. The van der Waals surface area contributed by atoms with Gasteiger partial charge in [0, 0.05) is 12.0 Å². The number of aromatic nitrogens is 4. The van der Waals surface area contributed by atoms with Crippen molar-refractivity contribution in [3.8, 4) is 6.07 Å². The average Bonchev–Trinajstić information content (AvgIpc) is 2.47. The standard InChI is InChI=1S/C6H2N5.K/c7-1-5-4-2-8-3-9-6(4)11-10-5;/h2H,(H,8,9,10,11);/q-1;+1. The molecule has 0 amide bonds. The van der Waals surface area contributed by atoms with Crippen LogP contribution in [-0.4, -0.2) is 20.2 Å². The van der Waals surface area contributed by atoms with Crippen LogP contribution in [0.15, 0.2) is 6.20 Å². The van der Waals surface area contributed by atoms with Crippen molar-refractivity contribution < 1.29 is 51.4 Å². The summed E-state index contributed by atoms with van der Waals surface area (Å²) in [4.78, 5) is 7.39. The Morgan fingerprint density at radius 1 is 1.58 bits per heavy atom. The first kappa shape index (κ1) is 9.76. The molecule has 2 aromatic rings. The molecule has 0 bridgehead atoms. The summed E-state index contributed by atoms with van der Waals surface area (Å²) in [6.07, 6.45) is 3.90. The normalized spacial score (nSPS) is 8.92. The molecule has 5 nitrogen and oxygen atoms in total. The maximum Gasteiger partial charge on any atom is 1.00 e. The molecule has 0 spiro atoms. The topological polar surface area (TPSA) is 78.2 Å². The number of hydrogen-bond acceptors (Lipinski definition) is 4. The molecular formula is C6H2KN5. The van der Waals surface area contributed by atoms with Gasteiger partial charge in [0.15, 0.2) is 0 Å². The molecule has 0 saturated carbocycles. The van der Waals surface area contributed by atoms with Crippen LogP contribution in [0.5, 0.6) is 0 Å². The molecule has 0 aliphatic rings. The number of nitriles is 1. The zero-order valence-corrected chi connectivity index (χ0v) is 9.49. The predicted octanol–water partition coefficient (Wildman–Crippen LogP) is -2.97. The van der Waals surface area contributed by atoms with E-state index in [2.05, 4.69) is 26.5 Å². The van der Waals surface area contributed by atoms with Crippen molar-refractivity contribution >= 4 is 11.0 Å². The molecule has 52 valence electrons. The fraction of sp³-hybridized carbons (Fsp3) is 0. The molecule has 0 fully saturated rings.